The van der Waals surface area contributed by atoms with Crippen molar-refractivity contribution in [2.45, 2.75) is 18.2 Å². The molecule has 1 atom stereocenters. The minimum Gasteiger partial charge on any atom is -0.344 e. The van der Waals surface area contributed by atoms with Gasteiger partial charge in [-0.25, -0.2) is 0 Å². The van der Waals surface area contributed by atoms with Gasteiger partial charge in [0, 0.05) is 13.6 Å². The van der Waals surface area contributed by atoms with E-state index in [-0.39, 0.29) is 10.7 Å². The largest absolute Gasteiger partial charge is 0.344 e. The van der Waals surface area contributed by atoms with Crippen molar-refractivity contribution < 1.29 is 4.79 Å². The van der Waals surface area contributed by atoms with Gasteiger partial charge in [0.2, 0.25) is 5.91 Å². The van der Waals surface area contributed by atoms with Crippen LogP contribution in [0.3, 0.4) is 0 Å². The van der Waals surface area contributed by atoms with Gasteiger partial charge in [-0.2, -0.15) is 5.26 Å². The van der Waals surface area contributed by atoms with Crippen LogP contribution in [0.25, 0.3) is 0 Å². The molecule has 0 saturated heterocycles. The molecule has 3 nitrogen and oxygen atoms in total. The smallest absolute Gasteiger partial charge is 0.235 e. The van der Waals surface area contributed by atoms with E-state index in [2.05, 4.69) is 15.9 Å². The monoisotopic (exact) mass is 218 g/mol. The van der Waals surface area contributed by atoms with Crippen LogP contribution >= 0.6 is 15.9 Å². The van der Waals surface area contributed by atoms with E-state index in [9.17, 15) is 4.79 Å². The van der Waals surface area contributed by atoms with E-state index in [1.54, 1.807) is 18.9 Å². The molecule has 0 aliphatic rings. The number of rotatable bonds is 3. The first-order valence-electron chi connectivity index (χ1n) is 3.35. The highest BCUT2D eigenvalue weighted by molar-refractivity contribution is 9.10. The van der Waals surface area contributed by atoms with Gasteiger partial charge in [-0.1, -0.05) is 15.9 Å². The highest BCUT2D eigenvalue weighted by Crippen LogP contribution is 2.02. The maximum Gasteiger partial charge on any atom is 0.235 e. The lowest BCUT2D eigenvalue weighted by Crippen LogP contribution is -2.32. The average molecular weight is 219 g/mol. The summed E-state index contributed by atoms with van der Waals surface area (Å²) in [6.07, 6.45) is 0.391. The standard InChI is InChI=1S/C7H11BrN2O/c1-6(8)7(11)10(2)5-3-4-9/h6H,3,5H2,1-2H3. The summed E-state index contributed by atoms with van der Waals surface area (Å²) in [4.78, 5) is 12.5. The van der Waals surface area contributed by atoms with E-state index in [0.717, 1.165) is 0 Å². The number of carbonyl (C=O) groups is 1. The predicted octanol–water partition coefficient (Wildman–Crippen LogP) is 1.14. The zero-order chi connectivity index (χ0) is 8.85. The van der Waals surface area contributed by atoms with Gasteiger partial charge in [-0.3, -0.25) is 4.79 Å². The average Bonchev–Trinajstić information content (AvgIpc) is 1.98. The van der Waals surface area contributed by atoms with Gasteiger partial charge >= 0.3 is 0 Å². The molecule has 4 heteroatoms. The fourth-order valence-corrected chi connectivity index (χ4v) is 0.981. The van der Waals surface area contributed by atoms with Crippen LogP contribution < -0.4 is 0 Å². The molecule has 0 rings (SSSR count). The lowest BCUT2D eigenvalue weighted by Gasteiger charge is -2.16. The van der Waals surface area contributed by atoms with E-state index in [1.165, 1.54) is 0 Å². The zero-order valence-corrected chi connectivity index (χ0v) is 8.26. The molecule has 0 saturated carbocycles. The normalized spacial score (nSPS) is 11.8. The number of alkyl halides is 1. The van der Waals surface area contributed by atoms with Gasteiger partial charge in [-0.05, 0) is 6.92 Å². The second-order valence-corrected chi connectivity index (χ2v) is 3.66. The molecule has 0 aliphatic heterocycles. The van der Waals surface area contributed by atoms with Crippen LogP contribution in [0.1, 0.15) is 13.3 Å². The molecule has 0 spiro atoms. The molecule has 0 radical (unpaired) electrons. The molecule has 0 aromatic rings. The highest BCUT2D eigenvalue weighted by atomic mass is 79.9. The minimum atomic E-state index is -0.161. The summed E-state index contributed by atoms with van der Waals surface area (Å²) in [7, 11) is 1.69. The Morgan fingerprint density at radius 2 is 2.36 bits per heavy atom. The van der Waals surface area contributed by atoms with Crippen LogP contribution in [0.4, 0.5) is 0 Å². The number of carbonyl (C=O) groups excluding carboxylic acids is 1. The van der Waals surface area contributed by atoms with Crippen molar-refractivity contribution in [2.75, 3.05) is 13.6 Å². The van der Waals surface area contributed by atoms with Gasteiger partial charge in [0.15, 0.2) is 0 Å². The molecule has 1 unspecified atom stereocenters. The first-order valence-corrected chi connectivity index (χ1v) is 4.27. The van der Waals surface area contributed by atoms with Crippen LogP contribution in [0.15, 0.2) is 0 Å². The SMILES string of the molecule is CC(Br)C(=O)N(C)CCC#N. The molecule has 0 fully saturated rings. The molecule has 62 valence electrons. The van der Waals surface area contributed by atoms with Crippen LogP contribution in [0.2, 0.25) is 0 Å². The van der Waals surface area contributed by atoms with Crippen LogP contribution in [0.5, 0.6) is 0 Å². The van der Waals surface area contributed by atoms with Crippen LogP contribution in [-0.4, -0.2) is 29.2 Å². The summed E-state index contributed by atoms with van der Waals surface area (Å²) in [6, 6.07) is 1.98. The third kappa shape index (κ3) is 3.99. The van der Waals surface area contributed by atoms with Crippen molar-refractivity contribution in [3.63, 3.8) is 0 Å². The molecule has 0 heterocycles. The number of hydrogen-bond acceptors (Lipinski definition) is 2. The van der Waals surface area contributed by atoms with Crippen molar-refractivity contribution in [1.82, 2.24) is 4.90 Å². The third-order valence-corrected chi connectivity index (χ3v) is 1.67. The number of nitriles is 1. The van der Waals surface area contributed by atoms with Crippen LogP contribution in [0, 0.1) is 11.3 Å². The van der Waals surface area contributed by atoms with E-state index >= 15 is 0 Å². The Kier molecular flexibility index (Phi) is 4.88. The Morgan fingerprint density at radius 3 is 2.73 bits per heavy atom. The Labute approximate surface area is 75.1 Å². The molecule has 1 amide bonds. The van der Waals surface area contributed by atoms with Gasteiger partial charge in [0.1, 0.15) is 0 Å². The second kappa shape index (κ2) is 5.14. The minimum absolute atomic E-state index is 0.0141. The van der Waals surface area contributed by atoms with E-state index in [1.807, 2.05) is 6.07 Å². The molecule has 0 aromatic carbocycles. The Bertz CT molecular complexity index is 174. The van der Waals surface area contributed by atoms with Crippen molar-refractivity contribution >= 4 is 21.8 Å². The number of halogens is 1. The van der Waals surface area contributed by atoms with E-state index in [4.69, 9.17) is 5.26 Å². The quantitative estimate of drug-likeness (QED) is 0.668. The summed E-state index contributed by atoms with van der Waals surface area (Å²) < 4.78 is 0. The van der Waals surface area contributed by atoms with Gasteiger partial charge in [0.05, 0.1) is 17.3 Å². The maximum absolute atomic E-state index is 11.1. The Hall–Kier alpha value is -0.560. The summed E-state index contributed by atoms with van der Waals surface area (Å²) >= 11 is 3.16. The lowest BCUT2D eigenvalue weighted by molar-refractivity contribution is -0.128. The first kappa shape index (κ1) is 10.4. The lowest BCUT2D eigenvalue weighted by atomic mass is 10.3. The Morgan fingerprint density at radius 1 is 1.82 bits per heavy atom. The van der Waals surface area contributed by atoms with E-state index in [0.29, 0.717) is 13.0 Å². The number of amides is 1. The molecule has 0 aliphatic carbocycles. The summed E-state index contributed by atoms with van der Waals surface area (Å²) in [5.41, 5.74) is 0. The summed E-state index contributed by atoms with van der Waals surface area (Å²) in [5, 5.41) is 8.24. The fraction of sp³-hybridized carbons (Fsp3) is 0.714. The summed E-state index contributed by atoms with van der Waals surface area (Å²) in [6.45, 7) is 2.27. The number of hydrogen-bond donors (Lipinski definition) is 0. The molecule has 0 N–H and O–H groups in total. The third-order valence-electron chi connectivity index (χ3n) is 1.28. The highest BCUT2D eigenvalue weighted by Gasteiger charge is 2.12. The Balaban J connectivity index is 3.75. The first-order chi connectivity index (χ1) is 5.09. The van der Waals surface area contributed by atoms with Gasteiger partial charge < -0.3 is 4.90 Å². The molecular weight excluding hydrogens is 208 g/mol. The topological polar surface area (TPSA) is 44.1 Å². The molecule has 0 bridgehead atoms. The van der Waals surface area contributed by atoms with Crippen molar-refractivity contribution in [3.8, 4) is 6.07 Å². The second-order valence-electron chi connectivity index (χ2n) is 2.28. The van der Waals surface area contributed by atoms with Crippen molar-refractivity contribution in [2.24, 2.45) is 0 Å². The fourth-order valence-electron chi connectivity index (χ4n) is 0.632. The molecule has 0 aromatic heterocycles. The zero-order valence-electron chi connectivity index (χ0n) is 6.67. The maximum atomic E-state index is 11.1. The number of nitrogens with zero attached hydrogens (tertiary/aromatic N) is 2. The van der Waals surface area contributed by atoms with Gasteiger partial charge in [0.25, 0.3) is 0 Å². The van der Waals surface area contributed by atoms with Crippen molar-refractivity contribution in [1.29, 1.82) is 5.26 Å². The van der Waals surface area contributed by atoms with Crippen LogP contribution in [-0.2, 0) is 4.79 Å². The molecular formula is C7H11BrN2O. The van der Waals surface area contributed by atoms with Crippen molar-refractivity contribution in [3.05, 3.63) is 0 Å². The molecule has 11 heavy (non-hydrogen) atoms. The van der Waals surface area contributed by atoms with E-state index < -0.39 is 0 Å². The predicted molar refractivity (Wildman–Crippen MR) is 46.3 cm³/mol. The van der Waals surface area contributed by atoms with Gasteiger partial charge in [-0.15, -0.1) is 0 Å². The summed E-state index contributed by atoms with van der Waals surface area (Å²) in [5.74, 6) is 0.0141.